The number of methoxy groups -OCH3 is 1. The lowest BCUT2D eigenvalue weighted by Crippen LogP contribution is -2.47. The van der Waals surface area contributed by atoms with Crippen LogP contribution in [0.2, 0.25) is 0 Å². The molecule has 0 amide bonds. The van der Waals surface area contributed by atoms with E-state index in [4.69, 9.17) is 4.74 Å². The molecule has 0 radical (unpaired) electrons. The Kier molecular flexibility index (Phi) is 6.26. The highest BCUT2D eigenvalue weighted by Gasteiger charge is 2.41. The molecule has 5 nitrogen and oxygen atoms in total. The first-order valence-electron chi connectivity index (χ1n) is 8.27. The number of aromatic nitrogens is 2. The minimum Gasteiger partial charge on any atom is -0.491 e. The van der Waals surface area contributed by atoms with Crippen LogP contribution < -0.4 is 9.64 Å². The fraction of sp³-hybridized carbons (Fsp3) is 0.750. The van der Waals surface area contributed by atoms with Crippen molar-refractivity contribution in [2.45, 2.75) is 63.8 Å². The fourth-order valence-corrected chi connectivity index (χ4v) is 3.16. The highest BCUT2D eigenvalue weighted by molar-refractivity contribution is 5.55. The number of aliphatic hydroxyl groups is 1. The molecule has 0 bridgehead atoms. The summed E-state index contributed by atoms with van der Waals surface area (Å²) in [5.74, 6) is 0.722. The Bertz CT molecular complexity index is 534. The van der Waals surface area contributed by atoms with Gasteiger partial charge in [0.1, 0.15) is 6.33 Å². The van der Waals surface area contributed by atoms with Crippen LogP contribution in [0, 0.1) is 0 Å². The third-order valence-corrected chi connectivity index (χ3v) is 4.43. The second kappa shape index (κ2) is 8.00. The van der Waals surface area contributed by atoms with Crippen LogP contribution >= 0.6 is 0 Å². The van der Waals surface area contributed by atoms with Gasteiger partial charge in [0.05, 0.1) is 19.3 Å². The Morgan fingerprint density at radius 1 is 1.29 bits per heavy atom. The van der Waals surface area contributed by atoms with Crippen molar-refractivity contribution >= 4 is 5.82 Å². The second-order valence-corrected chi connectivity index (χ2v) is 6.03. The van der Waals surface area contributed by atoms with Crippen molar-refractivity contribution in [1.29, 1.82) is 0 Å². The average molecular weight is 347 g/mol. The van der Waals surface area contributed by atoms with Gasteiger partial charge < -0.3 is 14.7 Å². The summed E-state index contributed by atoms with van der Waals surface area (Å²) in [5, 5.41) is 9.59. The number of ether oxygens (including phenoxy) is 1. The van der Waals surface area contributed by atoms with Crippen LogP contribution in [0.15, 0.2) is 6.33 Å². The number of anilines is 1. The summed E-state index contributed by atoms with van der Waals surface area (Å²) in [5.41, 5.74) is 0.643. The molecule has 1 aromatic heterocycles. The number of hydrogen-bond donors (Lipinski definition) is 1. The fourth-order valence-electron chi connectivity index (χ4n) is 3.16. The van der Waals surface area contributed by atoms with E-state index in [-0.39, 0.29) is 6.04 Å². The van der Waals surface area contributed by atoms with E-state index < -0.39 is 18.8 Å². The first-order chi connectivity index (χ1) is 11.4. The number of aliphatic hydroxyl groups excluding tert-OH is 1. The molecule has 0 spiro atoms. The number of rotatable bonds is 6. The lowest BCUT2D eigenvalue weighted by Gasteiger charge is -2.37. The Morgan fingerprint density at radius 3 is 2.50 bits per heavy atom. The molecule has 1 aliphatic carbocycles. The van der Waals surface area contributed by atoms with E-state index in [9.17, 15) is 18.3 Å². The minimum atomic E-state index is -4.67. The smallest absolute Gasteiger partial charge is 0.416 e. The summed E-state index contributed by atoms with van der Waals surface area (Å²) in [6.07, 6.45) is -0.629. The standard InChI is InChI=1S/C16H24F3N3O2/c1-3-12-14(24-2)15(21-10-20-12)22(9-13(23)16(17,18)19)11-7-5-4-6-8-11/h10-11,13,23H,3-9H2,1-2H3. The van der Waals surface area contributed by atoms with Crippen molar-refractivity contribution in [3.63, 3.8) is 0 Å². The summed E-state index contributed by atoms with van der Waals surface area (Å²) < 4.78 is 44.0. The zero-order valence-corrected chi connectivity index (χ0v) is 14.0. The number of nitrogens with zero attached hydrogens (tertiary/aromatic N) is 3. The molecule has 0 aromatic carbocycles. The van der Waals surface area contributed by atoms with Crippen LogP contribution in [0.4, 0.5) is 19.0 Å². The van der Waals surface area contributed by atoms with E-state index >= 15 is 0 Å². The summed E-state index contributed by atoms with van der Waals surface area (Å²) in [6.45, 7) is 1.34. The van der Waals surface area contributed by atoms with E-state index in [1.807, 2.05) is 6.92 Å². The minimum absolute atomic E-state index is 0.0933. The number of aryl methyl sites for hydroxylation is 1. The molecule has 0 saturated heterocycles. The molecule has 1 atom stereocenters. The molecule has 1 aliphatic rings. The Hall–Kier alpha value is -1.57. The van der Waals surface area contributed by atoms with E-state index in [2.05, 4.69) is 9.97 Å². The topological polar surface area (TPSA) is 58.5 Å². The molecule has 1 unspecified atom stereocenters. The monoisotopic (exact) mass is 347 g/mol. The molecule has 1 heterocycles. The maximum Gasteiger partial charge on any atom is 0.416 e. The van der Waals surface area contributed by atoms with Gasteiger partial charge in [-0.15, -0.1) is 0 Å². The SMILES string of the molecule is CCc1ncnc(N(CC(O)C(F)(F)F)C2CCCCC2)c1OC. The predicted octanol–water partition coefficient (Wildman–Crippen LogP) is 3.11. The molecule has 1 fully saturated rings. The molecule has 2 rings (SSSR count). The molecule has 1 aromatic rings. The van der Waals surface area contributed by atoms with Gasteiger partial charge in [0, 0.05) is 6.04 Å². The van der Waals surface area contributed by atoms with Crippen molar-refractivity contribution < 1.29 is 23.0 Å². The lowest BCUT2D eigenvalue weighted by atomic mass is 9.93. The Balaban J connectivity index is 2.38. The van der Waals surface area contributed by atoms with Gasteiger partial charge in [-0.05, 0) is 19.3 Å². The van der Waals surface area contributed by atoms with Crippen LogP contribution in [0.1, 0.15) is 44.7 Å². The van der Waals surface area contributed by atoms with Crippen LogP contribution in [-0.4, -0.2) is 47.1 Å². The Labute approximate surface area is 139 Å². The molecule has 0 aliphatic heterocycles. The molecule has 136 valence electrons. The van der Waals surface area contributed by atoms with Crippen LogP contribution in [0.3, 0.4) is 0 Å². The van der Waals surface area contributed by atoms with Crippen molar-refractivity contribution in [3.8, 4) is 5.75 Å². The third-order valence-electron chi connectivity index (χ3n) is 4.43. The first kappa shape index (κ1) is 18.8. The normalized spacial score (nSPS) is 17.6. The van der Waals surface area contributed by atoms with Crippen LogP contribution in [0.5, 0.6) is 5.75 Å². The average Bonchev–Trinajstić information content (AvgIpc) is 2.58. The highest BCUT2D eigenvalue weighted by atomic mass is 19.4. The number of halogens is 3. The first-order valence-corrected chi connectivity index (χ1v) is 8.27. The largest absolute Gasteiger partial charge is 0.491 e. The van der Waals surface area contributed by atoms with Crippen molar-refractivity contribution in [3.05, 3.63) is 12.0 Å². The van der Waals surface area contributed by atoms with Crippen molar-refractivity contribution in [1.82, 2.24) is 9.97 Å². The van der Waals surface area contributed by atoms with E-state index in [1.54, 1.807) is 4.90 Å². The van der Waals surface area contributed by atoms with Gasteiger partial charge in [-0.1, -0.05) is 26.2 Å². The summed E-state index contributed by atoms with van der Waals surface area (Å²) in [4.78, 5) is 9.87. The van der Waals surface area contributed by atoms with Gasteiger partial charge in [-0.25, -0.2) is 9.97 Å². The van der Waals surface area contributed by atoms with E-state index in [0.29, 0.717) is 23.7 Å². The maximum atomic E-state index is 12.9. The highest BCUT2D eigenvalue weighted by Crippen LogP contribution is 2.35. The van der Waals surface area contributed by atoms with Crippen molar-refractivity contribution in [2.24, 2.45) is 0 Å². The molecule has 1 N–H and O–H groups in total. The number of alkyl halides is 3. The van der Waals surface area contributed by atoms with Crippen molar-refractivity contribution in [2.75, 3.05) is 18.6 Å². The molecule has 24 heavy (non-hydrogen) atoms. The third kappa shape index (κ3) is 4.28. The van der Waals surface area contributed by atoms with Gasteiger partial charge in [-0.2, -0.15) is 13.2 Å². The Morgan fingerprint density at radius 2 is 1.96 bits per heavy atom. The summed E-state index contributed by atoms with van der Waals surface area (Å²) in [6, 6.07) is -0.0933. The summed E-state index contributed by atoms with van der Waals surface area (Å²) in [7, 11) is 1.46. The molecular weight excluding hydrogens is 323 g/mol. The molecule has 1 saturated carbocycles. The summed E-state index contributed by atoms with van der Waals surface area (Å²) >= 11 is 0. The second-order valence-electron chi connectivity index (χ2n) is 6.03. The lowest BCUT2D eigenvalue weighted by molar-refractivity contribution is -0.200. The van der Waals surface area contributed by atoms with Gasteiger partial charge in [-0.3, -0.25) is 0 Å². The van der Waals surface area contributed by atoms with E-state index in [0.717, 1.165) is 32.1 Å². The van der Waals surface area contributed by atoms with Gasteiger partial charge in [0.2, 0.25) is 0 Å². The van der Waals surface area contributed by atoms with Crippen LogP contribution in [-0.2, 0) is 6.42 Å². The maximum absolute atomic E-state index is 12.9. The van der Waals surface area contributed by atoms with Gasteiger partial charge in [0.25, 0.3) is 0 Å². The molecular formula is C16H24F3N3O2. The number of hydrogen-bond acceptors (Lipinski definition) is 5. The molecule has 8 heteroatoms. The van der Waals surface area contributed by atoms with Gasteiger partial charge >= 0.3 is 6.18 Å². The quantitative estimate of drug-likeness (QED) is 0.857. The van der Waals surface area contributed by atoms with Crippen LogP contribution in [0.25, 0.3) is 0 Å². The van der Waals surface area contributed by atoms with Gasteiger partial charge in [0.15, 0.2) is 17.7 Å². The predicted molar refractivity (Wildman–Crippen MR) is 84.2 cm³/mol. The zero-order valence-electron chi connectivity index (χ0n) is 14.0. The zero-order chi connectivity index (χ0) is 17.7. The van der Waals surface area contributed by atoms with E-state index in [1.165, 1.54) is 13.4 Å².